The van der Waals surface area contributed by atoms with E-state index in [-0.39, 0.29) is 16.2 Å². The van der Waals surface area contributed by atoms with Crippen LogP contribution < -0.4 is 16.0 Å². The van der Waals surface area contributed by atoms with Gasteiger partial charge in [-0.25, -0.2) is 0 Å². The lowest BCUT2D eigenvalue weighted by Crippen LogP contribution is -2.15. The lowest BCUT2D eigenvalue weighted by atomic mass is 9.82. The second-order valence-electron chi connectivity index (χ2n) is 29.7. The van der Waals surface area contributed by atoms with Crippen molar-refractivity contribution in [1.82, 2.24) is 0 Å². The molecule has 21 rings (SSSR count). The SMILES string of the molecule is CC1(C)c2ccccc2-c2ccc(Nc3cccc(-c4cccc5sc6ccccc6c45)c3)cc21.CC1(C)c2ccccc2-c2ccc(Nc3ccccc3-c3cccc4oc5ccccc5c34)cc21.CC1(C)c2ccccc2-c2ccc(Nc3ccccc3-c3cccc4sc5ccccc5c34)cc21. The van der Waals surface area contributed by atoms with Gasteiger partial charge in [0, 0.05) is 113 Å². The smallest absolute Gasteiger partial charge is 0.136 e. The second kappa shape index (κ2) is 25.1. The van der Waals surface area contributed by atoms with Gasteiger partial charge in [0.05, 0.1) is 0 Å². The van der Waals surface area contributed by atoms with Gasteiger partial charge in [-0.1, -0.05) is 272 Å². The molecule has 4 nitrogen and oxygen atoms in total. The Morgan fingerprint density at radius 2 is 0.571 bits per heavy atom. The van der Waals surface area contributed by atoms with Crippen LogP contribution in [0.15, 0.2) is 332 Å². The Hall–Kier alpha value is -12.1. The Bertz CT molecular complexity index is 6250. The summed E-state index contributed by atoms with van der Waals surface area (Å²) in [5, 5.41) is 18.9. The minimum Gasteiger partial charge on any atom is -0.456 e. The van der Waals surface area contributed by atoms with Crippen LogP contribution in [0.25, 0.3) is 129 Å². The number of furan rings is 1. The van der Waals surface area contributed by atoms with Crippen LogP contribution in [0.3, 0.4) is 0 Å². The molecule has 0 radical (unpaired) electrons. The molecule has 0 atom stereocenters. The first kappa shape index (κ1) is 63.8. The van der Waals surface area contributed by atoms with E-state index >= 15 is 0 Å². The maximum Gasteiger partial charge on any atom is 0.136 e. The van der Waals surface area contributed by atoms with Crippen molar-refractivity contribution in [2.45, 2.75) is 57.8 Å². The number of para-hydroxylation sites is 3. The molecule has 0 saturated heterocycles. The maximum atomic E-state index is 6.16. The molecule has 0 aliphatic heterocycles. The van der Waals surface area contributed by atoms with Crippen molar-refractivity contribution >= 4 is 119 Å². The van der Waals surface area contributed by atoms with Crippen LogP contribution in [0.4, 0.5) is 34.1 Å². The van der Waals surface area contributed by atoms with Gasteiger partial charge in [0.15, 0.2) is 0 Å². The third-order valence-electron chi connectivity index (χ3n) is 22.4. The minimum absolute atomic E-state index is 0.00111. The summed E-state index contributed by atoms with van der Waals surface area (Å²) in [6.45, 7) is 14.0. The zero-order valence-electron chi connectivity index (χ0n) is 59.4. The predicted octanol–water partition coefficient (Wildman–Crippen LogP) is 28.8. The van der Waals surface area contributed by atoms with Crippen molar-refractivity contribution < 1.29 is 4.42 Å². The molecule has 105 heavy (non-hydrogen) atoms. The zero-order valence-corrected chi connectivity index (χ0v) is 61.0. The van der Waals surface area contributed by atoms with E-state index in [1.54, 1.807) is 0 Å². The quantitative estimate of drug-likeness (QED) is 0.135. The second-order valence-corrected chi connectivity index (χ2v) is 31.8. The lowest BCUT2D eigenvalue weighted by molar-refractivity contribution is 0.660. The number of benzene rings is 15. The largest absolute Gasteiger partial charge is 0.456 e. The molecule has 0 saturated carbocycles. The molecular formula is C99H75N3OS2. The van der Waals surface area contributed by atoms with Crippen LogP contribution in [0.2, 0.25) is 0 Å². The maximum absolute atomic E-state index is 6.16. The van der Waals surface area contributed by atoms with Crippen LogP contribution in [0.1, 0.15) is 74.9 Å². The summed E-state index contributed by atoms with van der Waals surface area (Å²) in [4.78, 5) is 0. The Morgan fingerprint density at radius 3 is 1.09 bits per heavy atom. The molecule has 504 valence electrons. The zero-order chi connectivity index (χ0) is 70.7. The number of fused-ring (bicyclic) bond motifs is 18. The van der Waals surface area contributed by atoms with Gasteiger partial charge in [-0.05, 0) is 186 Å². The van der Waals surface area contributed by atoms with Crippen molar-refractivity contribution in [2.75, 3.05) is 16.0 Å². The molecule has 18 aromatic rings. The number of anilines is 6. The molecule has 0 bridgehead atoms. The van der Waals surface area contributed by atoms with Gasteiger partial charge in [-0.2, -0.15) is 0 Å². The number of hydrogen-bond donors (Lipinski definition) is 3. The molecule has 0 spiro atoms. The molecule has 15 aromatic carbocycles. The Balaban J connectivity index is 0.000000108. The third kappa shape index (κ3) is 10.8. The van der Waals surface area contributed by atoms with Gasteiger partial charge < -0.3 is 20.4 Å². The standard InChI is InChI=1S/C33H25NO.2C33H25NS/c2*1-33(2)27-14-6-3-10-22(27)23-19-18-21(20-28(23)33)34-29-15-7-4-11-24(29)25-13-9-17-31-32(25)26-12-5-8-16-30(26)35-31;1-33(2)28-14-5-3-11-25(28)26-18-17-23(20-29(26)33)34-22-10-7-9-21(19-22)24-13-8-16-31-32(24)27-12-4-6-15-30(27)35-31/h3*3-20,34H,1-2H3. The summed E-state index contributed by atoms with van der Waals surface area (Å²) in [5.74, 6) is 0. The van der Waals surface area contributed by atoms with Gasteiger partial charge in [-0.15, -0.1) is 22.7 Å². The first-order chi connectivity index (χ1) is 51.3. The molecular weight excluding hydrogens is 1310 g/mol. The van der Waals surface area contributed by atoms with E-state index in [9.17, 15) is 0 Å². The van der Waals surface area contributed by atoms with E-state index in [1.807, 2.05) is 34.8 Å². The fourth-order valence-electron chi connectivity index (χ4n) is 17.3. The van der Waals surface area contributed by atoms with E-state index in [2.05, 4.69) is 373 Å². The highest BCUT2D eigenvalue weighted by Crippen LogP contribution is 2.54. The lowest BCUT2D eigenvalue weighted by Gasteiger charge is -2.22. The molecule has 0 amide bonds. The Kier molecular flexibility index (Phi) is 15.3. The molecule has 6 heteroatoms. The normalized spacial score (nSPS) is 13.7. The fourth-order valence-corrected chi connectivity index (χ4v) is 19.5. The number of thiophene rings is 2. The van der Waals surface area contributed by atoms with Crippen LogP contribution >= 0.6 is 22.7 Å². The summed E-state index contributed by atoms with van der Waals surface area (Å²) in [6, 6.07) is 118. The molecule has 3 N–H and O–H groups in total. The topological polar surface area (TPSA) is 49.2 Å². The average molecular weight is 1390 g/mol. The Morgan fingerprint density at radius 1 is 0.229 bits per heavy atom. The van der Waals surface area contributed by atoms with E-state index < -0.39 is 0 Å². The van der Waals surface area contributed by atoms with Crippen molar-refractivity contribution in [3.8, 4) is 66.8 Å². The third-order valence-corrected chi connectivity index (χ3v) is 24.7. The van der Waals surface area contributed by atoms with E-state index in [0.29, 0.717) is 0 Å². The first-order valence-electron chi connectivity index (χ1n) is 36.4. The molecule has 3 aromatic heterocycles. The van der Waals surface area contributed by atoms with Crippen LogP contribution in [-0.4, -0.2) is 0 Å². The summed E-state index contributed by atoms with van der Waals surface area (Å²) in [7, 11) is 0. The van der Waals surface area contributed by atoms with Gasteiger partial charge in [0.25, 0.3) is 0 Å². The van der Waals surface area contributed by atoms with Crippen molar-refractivity contribution in [3.05, 3.63) is 361 Å². The molecule has 3 aliphatic carbocycles. The van der Waals surface area contributed by atoms with Gasteiger partial charge in [-0.3, -0.25) is 0 Å². The van der Waals surface area contributed by atoms with Gasteiger partial charge in [0.2, 0.25) is 0 Å². The summed E-state index contributed by atoms with van der Waals surface area (Å²) in [5.41, 5.74) is 32.2. The number of hydrogen-bond acceptors (Lipinski definition) is 6. The highest BCUT2D eigenvalue weighted by Gasteiger charge is 2.38. The van der Waals surface area contributed by atoms with Crippen LogP contribution in [-0.2, 0) is 16.2 Å². The van der Waals surface area contributed by atoms with E-state index in [0.717, 1.165) is 61.6 Å². The summed E-state index contributed by atoms with van der Waals surface area (Å²) in [6.07, 6.45) is 0. The molecule has 3 aliphatic rings. The highest BCUT2D eigenvalue weighted by atomic mass is 32.1. The Labute approximate surface area is 620 Å². The number of rotatable bonds is 9. The van der Waals surface area contributed by atoms with Crippen molar-refractivity contribution in [1.29, 1.82) is 0 Å². The number of nitrogens with one attached hydrogen (secondary N) is 3. The monoisotopic (exact) mass is 1390 g/mol. The summed E-state index contributed by atoms with van der Waals surface area (Å²) < 4.78 is 11.5. The van der Waals surface area contributed by atoms with Gasteiger partial charge in [0.1, 0.15) is 11.2 Å². The summed E-state index contributed by atoms with van der Waals surface area (Å²) >= 11 is 3.73. The molecule has 0 fully saturated rings. The van der Waals surface area contributed by atoms with Crippen LogP contribution in [0, 0.1) is 0 Å². The molecule has 0 unspecified atom stereocenters. The molecule has 3 heterocycles. The van der Waals surface area contributed by atoms with Crippen molar-refractivity contribution in [3.63, 3.8) is 0 Å². The minimum atomic E-state index is -0.0234. The van der Waals surface area contributed by atoms with Crippen LogP contribution in [0.5, 0.6) is 0 Å². The fraction of sp³-hybridized carbons (Fsp3) is 0.0909. The predicted molar refractivity (Wildman–Crippen MR) is 451 cm³/mol. The first-order valence-corrected chi connectivity index (χ1v) is 38.0. The van der Waals surface area contributed by atoms with Gasteiger partial charge >= 0.3 is 0 Å². The highest BCUT2D eigenvalue weighted by molar-refractivity contribution is 7.26. The van der Waals surface area contributed by atoms with Crippen molar-refractivity contribution in [2.24, 2.45) is 0 Å². The van der Waals surface area contributed by atoms with E-state index in [1.165, 1.54) is 135 Å². The average Bonchev–Trinajstić information content (AvgIpc) is 1.48. The van der Waals surface area contributed by atoms with E-state index in [4.69, 9.17) is 4.42 Å².